The predicted molar refractivity (Wildman–Crippen MR) is 38.7 cm³/mol. The van der Waals surface area contributed by atoms with E-state index in [0.29, 0.717) is 0 Å². The van der Waals surface area contributed by atoms with Gasteiger partial charge in [-0.2, -0.15) is 0 Å². The first-order chi connectivity index (χ1) is 3.85. The first-order valence-corrected chi connectivity index (χ1v) is 3.64. The van der Waals surface area contributed by atoms with Crippen molar-refractivity contribution < 1.29 is 0 Å². The van der Waals surface area contributed by atoms with Crippen LogP contribution < -0.4 is 0 Å². The minimum Gasteiger partial charge on any atom is -0.0651 e. The van der Waals surface area contributed by atoms with Crippen LogP contribution in [0.15, 0.2) is 0 Å². The molecule has 0 aliphatic heterocycles. The lowest BCUT2D eigenvalue weighted by Gasteiger charge is -2.08. The smallest absolute Gasteiger partial charge is 0.0420 e. The highest BCUT2D eigenvalue weighted by Gasteiger charge is 1.98. The highest BCUT2D eigenvalue weighted by atomic mass is 14.0. The summed E-state index contributed by atoms with van der Waals surface area (Å²) in [6.45, 7) is 8.33. The van der Waals surface area contributed by atoms with Crippen LogP contribution in [0.5, 0.6) is 0 Å². The molecule has 0 aromatic heterocycles. The van der Waals surface area contributed by atoms with Crippen LogP contribution in [0.25, 0.3) is 0 Å². The van der Waals surface area contributed by atoms with Crippen LogP contribution in [0.2, 0.25) is 0 Å². The van der Waals surface area contributed by atoms with E-state index in [1.807, 2.05) is 0 Å². The molecule has 8 heavy (non-hydrogen) atoms. The van der Waals surface area contributed by atoms with E-state index in [9.17, 15) is 0 Å². The van der Waals surface area contributed by atoms with Gasteiger partial charge in [0.2, 0.25) is 0 Å². The Kier molecular flexibility index (Phi) is 5.14. The van der Waals surface area contributed by atoms with Gasteiger partial charge >= 0.3 is 0 Å². The van der Waals surface area contributed by atoms with E-state index in [0.717, 1.165) is 12.3 Å². The van der Waals surface area contributed by atoms with Gasteiger partial charge < -0.3 is 0 Å². The van der Waals surface area contributed by atoms with Gasteiger partial charge in [-0.25, -0.2) is 0 Å². The van der Waals surface area contributed by atoms with E-state index in [-0.39, 0.29) is 0 Å². The predicted octanol–water partition coefficient (Wildman–Crippen LogP) is 3.04. The third kappa shape index (κ3) is 3.06. The molecule has 0 heterocycles. The van der Waals surface area contributed by atoms with Crippen molar-refractivity contribution in [3.05, 3.63) is 6.92 Å². The lowest BCUT2D eigenvalue weighted by molar-refractivity contribution is 0.459. The molecule has 0 rings (SSSR count). The maximum absolute atomic E-state index is 3.82. The molecule has 0 atom stereocenters. The number of rotatable bonds is 4. The molecule has 0 N–H and O–H groups in total. The van der Waals surface area contributed by atoms with Gasteiger partial charge in [-0.1, -0.05) is 46.5 Å². The Morgan fingerprint density at radius 2 is 1.75 bits per heavy atom. The molecule has 0 heteroatoms. The first kappa shape index (κ1) is 8.00. The van der Waals surface area contributed by atoms with Crippen LogP contribution in [-0.4, -0.2) is 0 Å². The summed E-state index contributed by atoms with van der Waals surface area (Å²) in [5, 5.41) is 0. The molecule has 0 aliphatic carbocycles. The van der Waals surface area contributed by atoms with Gasteiger partial charge in [-0.3, -0.25) is 0 Å². The van der Waals surface area contributed by atoms with Crippen molar-refractivity contribution in [2.45, 2.75) is 39.5 Å². The van der Waals surface area contributed by atoms with E-state index in [2.05, 4.69) is 20.8 Å². The molecule has 0 fully saturated rings. The topological polar surface area (TPSA) is 0 Å². The maximum Gasteiger partial charge on any atom is -0.0420 e. The summed E-state index contributed by atoms with van der Waals surface area (Å²) >= 11 is 0. The van der Waals surface area contributed by atoms with Crippen molar-refractivity contribution in [2.75, 3.05) is 0 Å². The molecule has 0 nitrogen and oxygen atoms in total. The maximum atomic E-state index is 3.82. The third-order valence-electron chi connectivity index (χ3n) is 1.77. The molecule has 0 aliphatic rings. The Morgan fingerprint density at radius 1 is 1.25 bits per heavy atom. The summed E-state index contributed by atoms with van der Waals surface area (Å²) < 4.78 is 0. The van der Waals surface area contributed by atoms with Gasteiger partial charge in [0.1, 0.15) is 0 Å². The molecule has 0 aromatic carbocycles. The first-order valence-electron chi connectivity index (χ1n) is 3.64. The van der Waals surface area contributed by atoms with Crippen molar-refractivity contribution in [1.29, 1.82) is 0 Å². The zero-order valence-corrected chi connectivity index (χ0v) is 6.11. The largest absolute Gasteiger partial charge is 0.0651 e. The van der Waals surface area contributed by atoms with E-state index >= 15 is 0 Å². The fraction of sp³-hybridized carbons (Fsp3) is 0.875. The van der Waals surface area contributed by atoms with Gasteiger partial charge in [0.25, 0.3) is 0 Å². The molecule has 0 bridgehead atoms. The van der Waals surface area contributed by atoms with Gasteiger partial charge in [0.05, 0.1) is 0 Å². The van der Waals surface area contributed by atoms with Crippen LogP contribution in [0.1, 0.15) is 39.5 Å². The highest BCUT2D eigenvalue weighted by Crippen LogP contribution is 2.13. The lowest BCUT2D eigenvalue weighted by atomic mass is 9.98. The Morgan fingerprint density at radius 3 is 1.88 bits per heavy atom. The average molecular weight is 113 g/mol. The second-order valence-corrected chi connectivity index (χ2v) is 2.32. The van der Waals surface area contributed by atoms with E-state index < -0.39 is 0 Å². The van der Waals surface area contributed by atoms with Crippen molar-refractivity contribution in [1.82, 2.24) is 0 Å². The Balaban J connectivity index is 3.07. The van der Waals surface area contributed by atoms with Crippen LogP contribution in [0, 0.1) is 12.8 Å². The molecule has 0 spiro atoms. The molecule has 0 saturated carbocycles. The van der Waals surface area contributed by atoms with Crippen LogP contribution in [0.3, 0.4) is 0 Å². The van der Waals surface area contributed by atoms with Gasteiger partial charge in [0.15, 0.2) is 0 Å². The van der Waals surface area contributed by atoms with E-state index in [1.54, 1.807) is 0 Å². The average Bonchev–Trinajstić information content (AvgIpc) is 1.83. The molecule has 0 saturated heterocycles. The molecular formula is C8H17. The molecule has 0 aromatic rings. The van der Waals surface area contributed by atoms with Gasteiger partial charge in [-0.15, -0.1) is 0 Å². The number of hydrogen-bond acceptors (Lipinski definition) is 0. The van der Waals surface area contributed by atoms with Crippen LogP contribution in [0.4, 0.5) is 0 Å². The minimum atomic E-state index is 0.937. The molecule has 0 unspecified atom stereocenters. The quantitative estimate of drug-likeness (QED) is 0.525. The second-order valence-electron chi connectivity index (χ2n) is 2.32. The van der Waals surface area contributed by atoms with Crippen LogP contribution >= 0.6 is 0 Å². The fourth-order valence-electron chi connectivity index (χ4n) is 0.986. The van der Waals surface area contributed by atoms with Crippen molar-refractivity contribution in [2.24, 2.45) is 5.92 Å². The lowest BCUT2D eigenvalue weighted by Crippen LogP contribution is -1.94. The summed E-state index contributed by atoms with van der Waals surface area (Å²) in [7, 11) is 0. The van der Waals surface area contributed by atoms with Gasteiger partial charge in [-0.05, 0) is 5.92 Å². The third-order valence-corrected chi connectivity index (χ3v) is 1.77. The zero-order valence-electron chi connectivity index (χ0n) is 6.11. The Hall–Kier alpha value is 0. The molecule has 1 radical (unpaired) electrons. The normalized spacial score (nSPS) is 10.5. The molecule has 49 valence electrons. The minimum absolute atomic E-state index is 0.937. The number of hydrogen-bond donors (Lipinski definition) is 0. The highest BCUT2D eigenvalue weighted by molar-refractivity contribution is 4.54. The summed E-state index contributed by atoms with van der Waals surface area (Å²) in [5.74, 6) is 0.937. The summed E-state index contributed by atoms with van der Waals surface area (Å²) in [6, 6.07) is 0. The molecular weight excluding hydrogens is 96.1 g/mol. The summed E-state index contributed by atoms with van der Waals surface area (Å²) in [4.78, 5) is 0. The summed E-state index contributed by atoms with van der Waals surface area (Å²) in [5.41, 5.74) is 0. The van der Waals surface area contributed by atoms with Crippen molar-refractivity contribution >= 4 is 0 Å². The van der Waals surface area contributed by atoms with Gasteiger partial charge in [0, 0.05) is 0 Å². The zero-order chi connectivity index (χ0) is 6.41. The Bertz CT molecular complexity index is 35.3. The monoisotopic (exact) mass is 113 g/mol. The second kappa shape index (κ2) is 5.14. The molecule has 0 amide bonds. The van der Waals surface area contributed by atoms with E-state index in [4.69, 9.17) is 0 Å². The standard InChI is InChI=1S/C8H17/c1-4-7-8(5-2)6-3/h8H,1,4-7H2,2-3H3. The Labute approximate surface area is 53.3 Å². The van der Waals surface area contributed by atoms with E-state index in [1.165, 1.54) is 19.3 Å². The van der Waals surface area contributed by atoms with Crippen molar-refractivity contribution in [3.63, 3.8) is 0 Å². The SMILES string of the molecule is [CH2]CCC(CC)CC. The van der Waals surface area contributed by atoms with Crippen molar-refractivity contribution in [3.8, 4) is 0 Å². The van der Waals surface area contributed by atoms with Crippen LogP contribution in [-0.2, 0) is 0 Å². The fourth-order valence-corrected chi connectivity index (χ4v) is 0.986. The summed E-state index contributed by atoms with van der Waals surface area (Å²) in [6.07, 6.45) is 5.07.